The maximum Gasteiger partial charge on any atom is 0.264 e. The normalized spacial score (nSPS) is 19.0. The molecule has 0 aliphatic carbocycles. The lowest BCUT2D eigenvalue weighted by atomic mass is 9.78. The minimum atomic E-state index is -4.07. The SMILES string of the molecule is COc1ccc(S(=O)(=O)NC(=O)C2(C)CCN2C(=O)C(C)(C)c2ccccc2)cc1. The van der Waals surface area contributed by atoms with E-state index in [1.165, 1.54) is 36.3 Å². The van der Waals surface area contributed by atoms with Crippen molar-refractivity contribution in [3.63, 3.8) is 0 Å². The molecule has 30 heavy (non-hydrogen) atoms. The third kappa shape index (κ3) is 3.79. The van der Waals surface area contributed by atoms with Gasteiger partial charge in [-0.25, -0.2) is 13.1 Å². The van der Waals surface area contributed by atoms with Crippen molar-refractivity contribution in [2.24, 2.45) is 0 Å². The molecular weight excluding hydrogens is 404 g/mol. The summed E-state index contributed by atoms with van der Waals surface area (Å²) in [7, 11) is -2.60. The molecule has 0 saturated carbocycles. The molecule has 3 rings (SSSR count). The number of hydrogen-bond acceptors (Lipinski definition) is 5. The van der Waals surface area contributed by atoms with Crippen molar-refractivity contribution >= 4 is 21.8 Å². The van der Waals surface area contributed by atoms with Crippen LogP contribution in [0.25, 0.3) is 0 Å². The number of hydrogen-bond donors (Lipinski definition) is 1. The first-order chi connectivity index (χ1) is 14.0. The van der Waals surface area contributed by atoms with Crippen LogP contribution in [0.5, 0.6) is 5.75 Å². The van der Waals surface area contributed by atoms with Crippen LogP contribution in [0.3, 0.4) is 0 Å². The van der Waals surface area contributed by atoms with Crippen LogP contribution in [0, 0.1) is 0 Å². The second kappa shape index (κ2) is 7.75. The van der Waals surface area contributed by atoms with Crippen LogP contribution < -0.4 is 9.46 Å². The van der Waals surface area contributed by atoms with E-state index in [1.807, 2.05) is 30.3 Å². The number of sulfonamides is 1. The smallest absolute Gasteiger partial charge is 0.264 e. The number of rotatable bonds is 6. The molecule has 1 N–H and O–H groups in total. The highest BCUT2D eigenvalue weighted by Gasteiger charge is 2.53. The summed E-state index contributed by atoms with van der Waals surface area (Å²) in [5, 5.41) is 0. The summed E-state index contributed by atoms with van der Waals surface area (Å²) in [6, 6.07) is 15.0. The van der Waals surface area contributed by atoms with E-state index in [4.69, 9.17) is 4.74 Å². The molecule has 0 spiro atoms. The molecule has 1 heterocycles. The van der Waals surface area contributed by atoms with Gasteiger partial charge in [-0.15, -0.1) is 0 Å². The predicted octanol–water partition coefficient (Wildman–Crippen LogP) is 2.47. The summed E-state index contributed by atoms with van der Waals surface area (Å²) in [5.41, 5.74) is -1.25. The van der Waals surface area contributed by atoms with Gasteiger partial charge in [-0.1, -0.05) is 30.3 Å². The summed E-state index contributed by atoms with van der Waals surface area (Å²) in [6.45, 7) is 5.58. The summed E-state index contributed by atoms with van der Waals surface area (Å²) in [4.78, 5) is 27.6. The number of benzene rings is 2. The van der Waals surface area contributed by atoms with Crippen LogP contribution in [0.1, 0.15) is 32.8 Å². The fraction of sp³-hybridized carbons (Fsp3) is 0.364. The summed E-state index contributed by atoms with van der Waals surface area (Å²) in [6.07, 6.45) is 0.383. The fourth-order valence-corrected chi connectivity index (χ4v) is 4.56. The molecule has 1 unspecified atom stereocenters. The van der Waals surface area contributed by atoms with Gasteiger partial charge in [0.2, 0.25) is 5.91 Å². The molecule has 2 amide bonds. The largest absolute Gasteiger partial charge is 0.497 e. The lowest BCUT2D eigenvalue weighted by Gasteiger charge is -2.51. The number of nitrogens with one attached hydrogen (secondary N) is 1. The monoisotopic (exact) mass is 430 g/mol. The van der Waals surface area contributed by atoms with Crippen molar-refractivity contribution in [2.45, 2.75) is 43.0 Å². The molecular formula is C22H26N2O5S. The highest BCUT2D eigenvalue weighted by molar-refractivity contribution is 7.90. The van der Waals surface area contributed by atoms with Gasteiger partial charge >= 0.3 is 0 Å². The van der Waals surface area contributed by atoms with Gasteiger partial charge in [-0.3, -0.25) is 9.59 Å². The molecule has 0 aromatic heterocycles. The van der Waals surface area contributed by atoms with Crippen molar-refractivity contribution in [2.75, 3.05) is 13.7 Å². The van der Waals surface area contributed by atoms with Gasteiger partial charge in [0.05, 0.1) is 17.4 Å². The summed E-state index contributed by atoms with van der Waals surface area (Å²) >= 11 is 0. The van der Waals surface area contributed by atoms with Crippen LogP contribution in [0.2, 0.25) is 0 Å². The van der Waals surface area contributed by atoms with Crippen LogP contribution in [0.4, 0.5) is 0 Å². The van der Waals surface area contributed by atoms with E-state index >= 15 is 0 Å². The quantitative estimate of drug-likeness (QED) is 0.760. The van der Waals surface area contributed by atoms with Crippen LogP contribution in [-0.4, -0.2) is 44.3 Å². The third-order valence-electron chi connectivity index (χ3n) is 5.78. The van der Waals surface area contributed by atoms with Gasteiger partial charge < -0.3 is 9.64 Å². The molecule has 1 aliphatic rings. The zero-order valence-electron chi connectivity index (χ0n) is 17.5. The van der Waals surface area contributed by atoms with Crippen molar-refractivity contribution in [1.82, 2.24) is 9.62 Å². The van der Waals surface area contributed by atoms with Crippen molar-refractivity contribution in [3.8, 4) is 5.75 Å². The van der Waals surface area contributed by atoms with E-state index in [2.05, 4.69) is 4.72 Å². The minimum absolute atomic E-state index is 0.0536. The topological polar surface area (TPSA) is 92.8 Å². The molecule has 2 aromatic carbocycles. The van der Waals surface area contributed by atoms with Crippen molar-refractivity contribution in [1.29, 1.82) is 0 Å². The Morgan fingerprint density at radius 2 is 1.67 bits per heavy atom. The Morgan fingerprint density at radius 3 is 2.17 bits per heavy atom. The Balaban J connectivity index is 1.79. The van der Waals surface area contributed by atoms with E-state index < -0.39 is 26.9 Å². The lowest BCUT2D eigenvalue weighted by Crippen LogP contribution is -2.69. The number of methoxy groups -OCH3 is 1. The first kappa shape index (κ1) is 21.8. The van der Waals surface area contributed by atoms with E-state index in [0.29, 0.717) is 18.7 Å². The van der Waals surface area contributed by atoms with Gasteiger partial charge in [0.1, 0.15) is 11.3 Å². The van der Waals surface area contributed by atoms with Crippen molar-refractivity contribution in [3.05, 3.63) is 60.2 Å². The molecule has 1 atom stereocenters. The average Bonchev–Trinajstić information content (AvgIpc) is 2.72. The maximum absolute atomic E-state index is 13.3. The summed E-state index contributed by atoms with van der Waals surface area (Å²) < 4.78 is 32.4. The van der Waals surface area contributed by atoms with Gasteiger partial charge in [-0.2, -0.15) is 0 Å². The van der Waals surface area contributed by atoms with E-state index in [1.54, 1.807) is 20.8 Å². The first-order valence-corrected chi connectivity index (χ1v) is 11.1. The minimum Gasteiger partial charge on any atom is -0.497 e. The standard InChI is InChI=1S/C22H26N2O5S/c1-21(2,16-8-6-5-7-9-16)20(26)24-15-14-22(24,3)19(25)23-30(27,28)18-12-10-17(29-4)11-13-18/h5-13H,14-15H2,1-4H3,(H,23,25). The molecule has 8 heteroatoms. The Hall–Kier alpha value is -2.87. The van der Waals surface area contributed by atoms with Gasteiger partial charge in [0, 0.05) is 6.54 Å². The molecule has 0 bridgehead atoms. The van der Waals surface area contributed by atoms with Gasteiger partial charge in [0.15, 0.2) is 0 Å². The molecule has 2 aromatic rings. The van der Waals surface area contributed by atoms with Crippen molar-refractivity contribution < 1.29 is 22.7 Å². The van der Waals surface area contributed by atoms with E-state index in [9.17, 15) is 18.0 Å². The highest BCUT2D eigenvalue weighted by atomic mass is 32.2. The Bertz CT molecular complexity index is 1050. The molecule has 0 radical (unpaired) electrons. The average molecular weight is 431 g/mol. The highest BCUT2D eigenvalue weighted by Crippen LogP contribution is 2.36. The number of amides is 2. The molecule has 1 saturated heterocycles. The van der Waals surface area contributed by atoms with E-state index in [0.717, 1.165) is 5.56 Å². The van der Waals surface area contributed by atoms with Gasteiger partial charge in [0.25, 0.3) is 15.9 Å². The zero-order chi connectivity index (χ0) is 22.2. The number of nitrogens with zero attached hydrogens (tertiary/aromatic N) is 1. The van der Waals surface area contributed by atoms with Crippen LogP contribution in [0.15, 0.2) is 59.5 Å². The predicted molar refractivity (Wildman–Crippen MR) is 113 cm³/mol. The Kier molecular flexibility index (Phi) is 5.64. The number of carbonyl (C=O) groups is 2. The van der Waals surface area contributed by atoms with Crippen LogP contribution >= 0.6 is 0 Å². The number of carbonyl (C=O) groups excluding carboxylic acids is 2. The molecule has 1 aliphatic heterocycles. The Labute approximate surface area is 177 Å². The Morgan fingerprint density at radius 1 is 1.07 bits per heavy atom. The number of likely N-dealkylation sites (tertiary alicyclic amines) is 1. The second-order valence-electron chi connectivity index (χ2n) is 8.08. The fourth-order valence-electron chi connectivity index (χ4n) is 3.48. The first-order valence-electron chi connectivity index (χ1n) is 9.61. The van der Waals surface area contributed by atoms with E-state index in [-0.39, 0.29) is 10.8 Å². The maximum atomic E-state index is 13.3. The summed E-state index contributed by atoms with van der Waals surface area (Å²) in [5.74, 6) is -0.438. The number of ether oxygens (including phenoxy) is 1. The molecule has 7 nitrogen and oxygen atoms in total. The second-order valence-corrected chi connectivity index (χ2v) is 9.76. The zero-order valence-corrected chi connectivity index (χ0v) is 18.3. The third-order valence-corrected chi connectivity index (χ3v) is 7.13. The van der Waals surface area contributed by atoms with Gasteiger partial charge in [-0.05, 0) is 57.0 Å². The molecule has 1 fully saturated rings. The lowest BCUT2D eigenvalue weighted by molar-refractivity contribution is -0.160. The molecule has 160 valence electrons. The van der Waals surface area contributed by atoms with Crippen LogP contribution in [-0.2, 0) is 25.0 Å².